The molecule has 0 saturated heterocycles. The monoisotopic (exact) mass is 1030 g/mol. The highest BCUT2D eigenvalue weighted by Gasteiger charge is 2.35. The zero-order valence-corrected chi connectivity index (χ0v) is 40.1. The van der Waals surface area contributed by atoms with Gasteiger partial charge in [0.1, 0.15) is 34.0 Å². The van der Waals surface area contributed by atoms with E-state index < -0.39 is 17.6 Å². The Morgan fingerprint density at radius 1 is 0.514 bits per heavy atom. The van der Waals surface area contributed by atoms with E-state index in [2.05, 4.69) is 26.1 Å². The highest BCUT2D eigenvalue weighted by Crippen LogP contribution is 2.43. The average molecular weight is 1040 g/mol. The number of fused-ring (bicyclic) bond motifs is 2. The van der Waals surface area contributed by atoms with Crippen LogP contribution in [-0.4, -0.2) is 27.5 Å². The number of aromatic nitrogens is 4. The molecule has 0 atom stereocenters. The average Bonchev–Trinajstić information content (AvgIpc) is 3.37. The van der Waals surface area contributed by atoms with Gasteiger partial charge in [-0.25, -0.2) is 4.39 Å². The molecule has 0 spiro atoms. The molecule has 0 aliphatic heterocycles. The van der Waals surface area contributed by atoms with E-state index in [9.17, 15) is 13.2 Å². The first-order chi connectivity index (χ1) is 34.0. The normalized spacial score (nSPS) is 11.5. The van der Waals surface area contributed by atoms with Gasteiger partial charge in [0.2, 0.25) is 0 Å². The topological polar surface area (TPSA) is 67.3 Å². The molecule has 0 fully saturated rings. The van der Waals surface area contributed by atoms with E-state index in [1.807, 2.05) is 157 Å². The Bertz CT molecular complexity index is 3570. The van der Waals surface area contributed by atoms with Gasteiger partial charge >= 0.3 is 6.18 Å². The number of ether oxygens (including phenoxy) is 1. The lowest BCUT2D eigenvalue weighted by molar-refractivity contribution is -0.140. The second-order valence-electron chi connectivity index (χ2n) is 16.3. The number of hydrazine groups is 1. The number of halogens is 7. The van der Waals surface area contributed by atoms with Crippen molar-refractivity contribution in [3.05, 3.63) is 219 Å². The van der Waals surface area contributed by atoms with Crippen molar-refractivity contribution in [3.8, 4) is 50.5 Å². The molecule has 0 aliphatic rings. The molecule has 0 saturated carbocycles. The van der Waals surface area contributed by atoms with E-state index in [0.717, 1.165) is 49.1 Å². The van der Waals surface area contributed by atoms with E-state index in [-0.39, 0.29) is 18.7 Å². The lowest BCUT2D eigenvalue weighted by Crippen LogP contribution is -2.42. The van der Waals surface area contributed by atoms with Crippen LogP contribution < -0.4 is 14.8 Å². The van der Waals surface area contributed by atoms with Crippen LogP contribution in [0.4, 0.5) is 28.9 Å². The summed E-state index contributed by atoms with van der Waals surface area (Å²) in [6.45, 7) is -0.259. The molecule has 346 valence electrons. The molecule has 8 aromatic carbocycles. The van der Waals surface area contributed by atoms with Gasteiger partial charge in [0.15, 0.2) is 0 Å². The van der Waals surface area contributed by atoms with Gasteiger partial charge in [0.05, 0.1) is 47.2 Å². The summed E-state index contributed by atoms with van der Waals surface area (Å²) in [6, 6.07) is 54.6. The molecular weight excluding hydrogens is 999 g/mol. The Hall–Kier alpha value is -7.38. The summed E-state index contributed by atoms with van der Waals surface area (Å²) in [6.07, 6.45) is -4.95. The van der Waals surface area contributed by atoms with Crippen molar-refractivity contribution in [3.63, 3.8) is 0 Å². The molecule has 2 heterocycles. The number of hydrogen-bond donors (Lipinski definition) is 0. The summed E-state index contributed by atoms with van der Waals surface area (Å²) in [5, 5.41) is 24.6. The van der Waals surface area contributed by atoms with Crippen LogP contribution in [-0.2, 0) is 19.3 Å². The summed E-state index contributed by atoms with van der Waals surface area (Å²) >= 11 is 17.2. The minimum absolute atomic E-state index is 0.0915. The SMILES string of the molecule is COc1ccc(Br)cc1CN(c1cccc(-c2c(-c3ccccc3)nnc3c(Cl)cccc23)c1)N(Cc1cccc(C(F)(F)F)c1F)c1cccc(-c2c(-c3ccccc3)nnc3c(Cl)cccc23)c1. The summed E-state index contributed by atoms with van der Waals surface area (Å²) < 4.78 is 66.6. The summed E-state index contributed by atoms with van der Waals surface area (Å²) in [7, 11) is 1.57. The van der Waals surface area contributed by atoms with Gasteiger partial charge in [-0.05, 0) is 71.8 Å². The van der Waals surface area contributed by atoms with Gasteiger partial charge in [-0.1, -0.05) is 160 Å². The maximum Gasteiger partial charge on any atom is 0.419 e. The number of methoxy groups -OCH3 is 1. The standard InChI is InChI=1S/C56H37BrCl2F4N6O/c1-70-48-28-27-40(57)29-39(48)33-69(42-21-9-18-37(31-42)50-44-23-12-26-47(59)55(44)67-65-53(50)35-15-6-3-7-16-35)68(32-38-19-10-24-45(51(38)60)56(61,62)63)41-20-8-17-36(30-41)49-43-22-11-25-46(58)54(43)66-64-52(49)34-13-4-2-5-14-34/h2-31H,32-33H2,1H3. The minimum atomic E-state index is -4.95. The molecule has 0 bridgehead atoms. The minimum Gasteiger partial charge on any atom is -0.496 e. The second kappa shape index (κ2) is 19.6. The molecule has 7 nitrogen and oxygen atoms in total. The molecule has 0 radical (unpaired) electrons. The van der Waals surface area contributed by atoms with Crippen molar-refractivity contribution in [2.75, 3.05) is 17.1 Å². The molecule has 14 heteroatoms. The quantitative estimate of drug-likeness (QED) is 0.0892. The Morgan fingerprint density at radius 3 is 1.49 bits per heavy atom. The maximum atomic E-state index is 16.5. The van der Waals surface area contributed by atoms with Crippen molar-refractivity contribution in [2.24, 2.45) is 0 Å². The Morgan fingerprint density at radius 2 is 0.986 bits per heavy atom. The van der Waals surface area contributed by atoms with Crippen LogP contribution in [0.15, 0.2) is 186 Å². The molecule has 70 heavy (non-hydrogen) atoms. The predicted octanol–water partition coefficient (Wildman–Crippen LogP) is 16.1. The highest BCUT2D eigenvalue weighted by atomic mass is 79.9. The molecule has 0 amide bonds. The lowest BCUT2D eigenvalue weighted by atomic mass is 9.95. The number of benzene rings is 8. The van der Waals surface area contributed by atoms with E-state index >= 15 is 4.39 Å². The largest absolute Gasteiger partial charge is 0.496 e. The Balaban J connectivity index is 1.24. The summed E-state index contributed by atoms with van der Waals surface area (Å²) in [4.78, 5) is 0. The Labute approximate surface area is 418 Å². The molecule has 2 aromatic heterocycles. The van der Waals surface area contributed by atoms with Crippen molar-refractivity contribution in [2.45, 2.75) is 19.3 Å². The van der Waals surface area contributed by atoms with Gasteiger partial charge in [0, 0.05) is 48.6 Å². The van der Waals surface area contributed by atoms with Crippen LogP contribution in [0, 0.1) is 5.82 Å². The van der Waals surface area contributed by atoms with Crippen LogP contribution in [0.25, 0.3) is 66.6 Å². The first-order valence-corrected chi connectivity index (χ1v) is 23.4. The van der Waals surface area contributed by atoms with Crippen molar-refractivity contribution in [1.82, 2.24) is 20.4 Å². The van der Waals surface area contributed by atoms with Crippen molar-refractivity contribution in [1.29, 1.82) is 0 Å². The van der Waals surface area contributed by atoms with Gasteiger partial charge in [-0.3, -0.25) is 10.0 Å². The molecule has 0 unspecified atom stereocenters. The molecule has 10 rings (SSSR count). The molecular formula is C56H37BrCl2F4N6O. The third-order valence-electron chi connectivity index (χ3n) is 12.0. The predicted molar refractivity (Wildman–Crippen MR) is 275 cm³/mol. The van der Waals surface area contributed by atoms with Gasteiger partial charge in [0.25, 0.3) is 0 Å². The van der Waals surface area contributed by atoms with E-state index in [0.29, 0.717) is 60.7 Å². The molecule has 0 N–H and O–H groups in total. The summed E-state index contributed by atoms with van der Waals surface area (Å²) in [5.74, 6) is -0.832. The lowest BCUT2D eigenvalue weighted by Gasteiger charge is -2.39. The van der Waals surface area contributed by atoms with Gasteiger partial charge < -0.3 is 4.74 Å². The fourth-order valence-electron chi connectivity index (χ4n) is 8.76. The number of rotatable bonds is 12. The first kappa shape index (κ1) is 46.4. The van der Waals surface area contributed by atoms with Gasteiger partial charge in [-0.2, -0.15) is 13.2 Å². The van der Waals surface area contributed by atoms with Crippen molar-refractivity contribution >= 4 is 72.3 Å². The smallest absolute Gasteiger partial charge is 0.419 e. The fraction of sp³-hybridized carbons (Fsp3) is 0.0714. The second-order valence-corrected chi connectivity index (χ2v) is 18.0. The summed E-state index contributed by atoms with van der Waals surface area (Å²) in [5.41, 5.74) is 6.96. The Kier molecular flexibility index (Phi) is 12.9. The first-order valence-electron chi connectivity index (χ1n) is 21.9. The van der Waals surface area contributed by atoms with E-state index in [1.54, 1.807) is 24.3 Å². The zero-order chi connectivity index (χ0) is 48.5. The number of alkyl halides is 3. The number of nitrogens with zero attached hydrogens (tertiary/aromatic N) is 6. The number of hydrogen-bond acceptors (Lipinski definition) is 7. The third-order valence-corrected chi connectivity index (χ3v) is 13.1. The fourth-order valence-corrected chi connectivity index (χ4v) is 9.60. The maximum absolute atomic E-state index is 16.5. The highest BCUT2D eigenvalue weighted by molar-refractivity contribution is 9.10. The van der Waals surface area contributed by atoms with Gasteiger partial charge in [-0.15, -0.1) is 20.4 Å². The van der Waals surface area contributed by atoms with E-state index in [1.165, 1.54) is 12.1 Å². The zero-order valence-electron chi connectivity index (χ0n) is 37.0. The van der Waals surface area contributed by atoms with E-state index in [4.69, 9.17) is 38.1 Å². The van der Waals surface area contributed by atoms with Crippen molar-refractivity contribution < 1.29 is 22.3 Å². The van der Waals surface area contributed by atoms with Crippen LogP contribution in [0.2, 0.25) is 10.0 Å². The van der Waals surface area contributed by atoms with Crippen LogP contribution in [0.1, 0.15) is 16.7 Å². The van der Waals surface area contributed by atoms with Crippen LogP contribution in [0.5, 0.6) is 5.75 Å². The number of anilines is 2. The third kappa shape index (κ3) is 9.13. The van der Waals surface area contributed by atoms with Crippen LogP contribution in [0.3, 0.4) is 0 Å². The van der Waals surface area contributed by atoms with Crippen LogP contribution >= 0.6 is 39.1 Å². The molecule has 0 aliphatic carbocycles. The molecule has 10 aromatic rings.